The van der Waals surface area contributed by atoms with Gasteiger partial charge in [-0.2, -0.15) is 4.37 Å². The fourth-order valence-electron chi connectivity index (χ4n) is 2.12. The van der Waals surface area contributed by atoms with E-state index in [1.54, 1.807) is 6.26 Å². The topological polar surface area (TPSA) is 69.6 Å². The molecule has 0 spiro atoms. The van der Waals surface area contributed by atoms with Crippen molar-refractivity contribution in [2.75, 3.05) is 0 Å². The summed E-state index contributed by atoms with van der Waals surface area (Å²) in [7, 11) is 0. The third kappa shape index (κ3) is 2.95. The van der Waals surface area contributed by atoms with Crippen LogP contribution in [0.5, 0.6) is 0 Å². The fraction of sp³-hybridized carbons (Fsp3) is 0.0667. The van der Waals surface area contributed by atoms with E-state index in [2.05, 4.69) is 19.6 Å². The van der Waals surface area contributed by atoms with E-state index in [4.69, 9.17) is 16.0 Å². The highest BCUT2D eigenvalue weighted by Crippen LogP contribution is 2.33. The molecule has 24 heavy (non-hydrogen) atoms. The number of hydrogen-bond acceptors (Lipinski definition) is 7. The highest BCUT2D eigenvalue weighted by Gasteiger charge is 2.19. The van der Waals surface area contributed by atoms with Gasteiger partial charge in [-0.1, -0.05) is 11.6 Å². The second-order valence-electron chi connectivity index (χ2n) is 4.80. The molecule has 9 heteroatoms. The minimum atomic E-state index is 0.617. The molecule has 0 atom stereocenters. The van der Waals surface area contributed by atoms with Gasteiger partial charge < -0.3 is 4.42 Å². The minimum absolute atomic E-state index is 0.617. The molecule has 1 aromatic carbocycles. The number of halogens is 1. The van der Waals surface area contributed by atoms with Crippen LogP contribution in [0.1, 0.15) is 5.82 Å². The molecule has 3 heterocycles. The molecule has 0 amide bonds. The van der Waals surface area contributed by atoms with Crippen LogP contribution in [0.3, 0.4) is 0 Å². The Morgan fingerprint density at radius 1 is 1.17 bits per heavy atom. The molecule has 0 aliphatic carbocycles. The zero-order valence-electron chi connectivity index (χ0n) is 12.4. The molecule has 3 aromatic heterocycles. The van der Waals surface area contributed by atoms with Crippen LogP contribution in [-0.4, -0.2) is 24.1 Å². The molecule has 4 rings (SSSR count). The van der Waals surface area contributed by atoms with Crippen molar-refractivity contribution < 1.29 is 4.42 Å². The third-order valence-electron chi connectivity index (χ3n) is 3.15. The Kier molecular flexibility index (Phi) is 4.09. The number of aryl methyl sites for hydroxylation is 1. The number of benzene rings is 1. The van der Waals surface area contributed by atoms with Crippen LogP contribution in [0.25, 0.3) is 17.3 Å². The first-order valence-corrected chi connectivity index (χ1v) is 8.91. The first-order valence-electron chi connectivity index (χ1n) is 6.94. The van der Waals surface area contributed by atoms with Gasteiger partial charge in [-0.25, -0.2) is 4.98 Å². The van der Waals surface area contributed by atoms with Crippen LogP contribution in [0.15, 0.2) is 56.6 Å². The molecule has 6 nitrogen and oxygen atoms in total. The molecular weight excluding hydrogens is 366 g/mol. The Bertz CT molecular complexity index is 962. The summed E-state index contributed by atoms with van der Waals surface area (Å²) in [6, 6.07) is 11.1. The normalized spacial score (nSPS) is 11.1. The zero-order valence-corrected chi connectivity index (χ0v) is 14.8. The Morgan fingerprint density at radius 3 is 2.67 bits per heavy atom. The van der Waals surface area contributed by atoms with Gasteiger partial charge >= 0.3 is 0 Å². The lowest BCUT2D eigenvalue weighted by Gasteiger charge is -2.08. The first-order chi connectivity index (χ1) is 11.7. The van der Waals surface area contributed by atoms with Gasteiger partial charge in [0.25, 0.3) is 0 Å². The van der Waals surface area contributed by atoms with Crippen molar-refractivity contribution in [2.45, 2.75) is 16.4 Å². The minimum Gasteiger partial charge on any atom is -0.461 e. The van der Waals surface area contributed by atoms with E-state index in [1.165, 1.54) is 23.3 Å². The first kappa shape index (κ1) is 15.4. The molecule has 0 fully saturated rings. The van der Waals surface area contributed by atoms with Crippen molar-refractivity contribution in [3.05, 3.63) is 53.5 Å². The van der Waals surface area contributed by atoms with E-state index in [0.29, 0.717) is 21.8 Å². The van der Waals surface area contributed by atoms with Gasteiger partial charge in [0.2, 0.25) is 11.0 Å². The van der Waals surface area contributed by atoms with Crippen LogP contribution >= 0.6 is 34.9 Å². The molecule has 0 N–H and O–H groups in total. The summed E-state index contributed by atoms with van der Waals surface area (Å²) in [5.74, 6) is 2.00. The molecule has 0 radical (unpaired) electrons. The summed E-state index contributed by atoms with van der Waals surface area (Å²) in [6.07, 6.45) is 1.61. The maximum absolute atomic E-state index is 6.00. The molecule has 0 aliphatic heterocycles. The molecule has 0 bridgehead atoms. The van der Waals surface area contributed by atoms with Crippen LogP contribution in [-0.2, 0) is 0 Å². The predicted molar refractivity (Wildman–Crippen MR) is 92.8 cm³/mol. The smallest absolute Gasteiger partial charge is 0.205 e. The highest BCUT2D eigenvalue weighted by atomic mass is 35.5. The molecule has 120 valence electrons. The van der Waals surface area contributed by atoms with Gasteiger partial charge in [-0.3, -0.25) is 4.57 Å². The third-order valence-corrected chi connectivity index (χ3v) is 5.19. The number of furan rings is 1. The van der Waals surface area contributed by atoms with Gasteiger partial charge in [0.05, 0.1) is 6.26 Å². The molecular formula is C15H10ClN5OS2. The average Bonchev–Trinajstić information content (AvgIpc) is 3.30. The lowest BCUT2D eigenvalue weighted by Crippen LogP contribution is -1.98. The second-order valence-corrected chi connectivity index (χ2v) is 7.21. The Morgan fingerprint density at radius 2 is 2.00 bits per heavy atom. The van der Waals surface area contributed by atoms with Crippen molar-refractivity contribution in [1.82, 2.24) is 24.1 Å². The summed E-state index contributed by atoms with van der Waals surface area (Å²) in [6.45, 7) is 1.86. The van der Waals surface area contributed by atoms with Crippen molar-refractivity contribution in [2.24, 2.45) is 0 Å². The molecule has 4 aromatic rings. The summed E-state index contributed by atoms with van der Waals surface area (Å²) < 4.78 is 12.4. The van der Waals surface area contributed by atoms with Crippen LogP contribution < -0.4 is 0 Å². The Balaban J connectivity index is 1.83. The Hall–Kier alpha value is -2.16. The SMILES string of the molecule is Cc1nsc(Sc2nnc(-c3ccco3)n2-c2ccc(Cl)cc2)n1. The summed E-state index contributed by atoms with van der Waals surface area (Å²) in [5.41, 5.74) is 0.888. The highest BCUT2D eigenvalue weighted by molar-refractivity contribution is 8.00. The van der Waals surface area contributed by atoms with Gasteiger partial charge in [0.1, 0.15) is 5.82 Å². The second kappa shape index (κ2) is 6.39. The van der Waals surface area contributed by atoms with Crippen molar-refractivity contribution in [3.8, 4) is 17.3 Å². The van der Waals surface area contributed by atoms with Gasteiger partial charge in [0.15, 0.2) is 10.1 Å². The summed E-state index contributed by atoms with van der Waals surface area (Å²) in [5, 5.41) is 9.93. The van der Waals surface area contributed by atoms with Crippen molar-refractivity contribution in [3.63, 3.8) is 0 Å². The molecule has 0 saturated carbocycles. The number of nitrogens with zero attached hydrogens (tertiary/aromatic N) is 5. The van der Waals surface area contributed by atoms with E-state index < -0.39 is 0 Å². The number of hydrogen-bond donors (Lipinski definition) is 0. The number of rotatable bonds is 4. The summed E-state index contributed by atoms with van der Waals surface area (Å²) in [4.78, 5) is 4.37. The monoisotopic (exact) mass is 375 g/mol. The molecule has 0 aliphatic rings. The van der Waals surface area contributed by atoms with Crippen molar-refractivity contribution in [1.29, 1.82) is 0 Å². The van der Waals surface area contributed by atoms with E-state index >= 15 is 0 Å². The van der Waals surface area contributed by atoms with E-state index in [1.807, 2.05) is 47.9 Å². The van der Waals surface area contributed by atoms with E-state index in [0.717, 1.165) is 15.9 Å². The van der Waals surface area contributed by atoms with E-state index in [-0.39, 0.29) is 0 Å². The van der Waals surface area contributed by atoms with E-state index in [9.17, 15) is 0 Å². The van der Waals surface area contributed by atoms with Crippen LogP contribution in [0.2, 0.25) is 5.02 Å². The molecule has 0 unspecified atom stereocenters. The Labute approximate surface area is 150 Å². The van der Waals surface area contributed by atoms with Gasteiger partial charge in [-0.15, -0.1) is 10.2 Å². The summed E-state index contributed by atoms with van der Waals surface area (Å²) >= 11 is 8.75. The zero-order chi connectivity index (χ0) is 16.5. The lowest BCUT2D eigenvalue weighted by atomic mass is 10.3. The van der Waals surface area contributed by atoms with Gasteiger partial charge in [-0.05, 0) is 66.6 Å². The fourth-order valence-corrected chi connectivity index (χ4v) is 3.86. The van der Waals surface area contributed by atoms with Gasteiger partial charge in [0, 0.05) is 10.7 Å². The predicted octanol–water partition coefficient (Wildman–Crippen LogP) is 4.49. The molecule has 0 saturated heterocycles. The maximum Gasteiger partial charge on any atom is 0.205 e. The van der Waals surface area contributed by atoms with Crippen molar-refractivity contribution >= 4 is 34.9 Å². The average molecular weight is 376 g/mol. The van der Waals surface area contributed by atoms with Crippen LogP contribution in [0.4, 0.5) is 0 Å². The maximum atomic E-state index is 6.00. The number of aromatic nitrogens is 5. The largest absolute Gasteiger partial charge is 0.461 e. The van der Waals surface area contributed by atoms with Crippen LogP contribution in [0, 0.1) is 6.92 Å². The lowest BCUT2D eigenvalue weighted by molar-refractivity contribution is 0.575. The standard InChI is InChI=1S/C15H10ClN5OS2/c1-9-17-15(24-20-9)23-14-19-18-13(12-3-2-8-22-12)21(14)11-6-4-10(16)5-7-11/h2-8H,1H3. The quantitative estimate of drug-likeness (QED) is 0.523.